The van der Waals surface area contributed by atoms with Crippen LogP contribution in [0.4, 0.5) is 0 Å². The smallest absolute Gasteiger partial charge is 0.241 e. The van der Waals surface area contributed by atoms with Gasteiger partial charge in [-0.3, -0.25) is 4.79 Å². The fourth-order valence-corrected chi connectivity index (χ4v) is 1.92. The van der Waals surface area contributed by atoms with E-state index in [0.29, 0.717) is 23.7 Å². The van der Waals surface area contributed by atoms with Crippen LogP contribution in [0.2, 0.25) is 0 Å². The van der Waals surface area contributed by atoms with E-state index in [1.165, 1.54) is 17.7 Å². The highest BCUT2D eigenvalue weighted by atomic mass is 16.5. The first kappa shape index (κ1) is 15.7. The summed E-state index contributed by atoms with van der Waals surface area (Å²) in [5.74, 6) is -0.0166. The van der Waals surface area contributed by atoms with Gasteiger partial charge in [-0.15, -0.1) is 0 Å². The van der Waals surface area contributed by atoms with Crippen LogP contribution in [-0.2, 0) is 17.8 Å². The Morgan fingerprint density at radius 1 is 1.23 bits per heavy atom. The van der Waals surface area contributed by atoms with E-state index in [4.69, 9.17) is 15.6 Å². The number of aromatic nitrogens is 1. The number of aliphatic hydroxyl groups excluding tert-OH is 1. The van der Waals surface area contributed by atoms with Crippen molar-refractivity contribution in [2.24, 2.45) is 5.73 Å². The average molecular weight is 298 g/mol. The highest BCUT2D eigenvalue weighted by Crippen LogP contribution is 2.19. The SMILES string of the molecule is NC(=O)/C=C/c1nc(CO)ccc1OCCc1ccccc1. The minimum absolute atomic E-state index is 0.179. The molecule has 1 amide bonds. The van der Waals surface area contributed by atoms with Gasteiger partial charge >= 0.3 is 0 Å². The van der Waals surface area contributed by atoms with Crippen molar-refractivity contribution in [3.8, 4) is 5.75 Å². The van der Waals surface area contributed by atoms with Gasteiger partial charge in [-0.25, -0.2) is 4.98 Å². The number of rotatable bonds is 7. The standard InChI is InChI=1S/C17H18N2O3/c18-17(21)9-7-15-16(8-6-14(12-20)19-15)22-11-10-13-4-2-1-3-5-13/h1-9,20H,10-12H2,(H2,18,21)/b9-7+. The van der Waals surface area contributed by atoms with Crippen molar-refractivity contribution in [2.75, 3.05) is 6.61 Å². The largest absolute Gasteiger partial charge is 0.491 e. The number of benzene rings is 1. The molecule has 2 rings (SSSR count). The second-order valence-electron chi connectivity index (χ2n) is 4.66. The van der Waals surface area contributed by atoms with Gasteiger partial charge in [0, 0.05) is 12.5 Å². The normalized spacial score (nSPS) is 10.8. The van der Waals surface area contributed by atoms with E-state index in [2.05, 4.69) is 4.98 Å². The Balaban J connectivity index is 2.07. The number of nitrogens with zero attached hydrogens (tertiary/aromatic N) is 1. The molecule has 0 aliphatic rings. The Morgan fingerprint density at radius 2 is 2.00 bits per heavy atom. The summed E-state index contributed by atoms with van der Waals surface area (Å²) in [6, 6.07) is 13.4. The minimum atomic E-state index is -0.563. The lowest BCUT2D eigenvalue weighted by Crippen LogP contribution is -2.07. The quantitative estimate of drug-likeness (QED) is 0.762. The first-order valence-corrected chi connectivity index (χ1v) is 6.94. The molecule has 0 radical (unpaired) electrons. The van der Waals surface area contributed by atoms with E-state index < -0.39 is 5.91 Å². The fourth-order valence-electron chi connectivity index (χ4n) is 1.92. The maximum absolute atomic E-state index is 10.9. The molecule has 0 atom stereocenters. The van der Waals surface area contributed by atoms with E-state index >= 15 is 0 Å². The first-order chi connectivity index (χ1) is 10.7. The number of aliphatic hydroxyl groups is 1. The van der Waals surface area contributed by atoms with Crippen molar-refractivity contribution in [1.29, 1.82) is 0 Å². The van der Waals surface area contributed by atoms with Crippen molar-refractivity contribution in [3.05, 3.63) is 65.5 Å². The van der Waals surface area contributed by atoms with Crippen LogP contribution in [-0.4, -0.2) is 22.6 Å². The lowest BCUT2D eigenvalue weighted by atomic mass is 10.2. The Hall–Kier alpha value is -2.66. The molecule has 3 N–H and O–H groups in total. The summed E-state index contributed by atoms with van der Waals surface area (Å²) < 4.78 is 5.73. The van der Waals surface area contributed by atoms with Gasteiger partial charge in [0.05, 0.1) is 18.9 Å². The predicted octanol–water partition coefficient (Wildman–Crippen LogP) is 1.69. The van der Waals surface area contributed by atoms with E-state index in [9.17, 15) is 4.79 Å². The Labute approximate surface area is 129 Å². The molecule has 1 heterocycles. The van der Waals surface area contributed by atoms with Crippen LogP contribution in [0.15, 0.2) is 48.5 Å². The monoisotopic (exact) mass is 298 g/mol. The summed E-state index contributed by atoms with van der Waals surface area (Å²) in [5.41, 5.74) is 7.24. The summed E-state index contributed by atoms with van der Waals surface area (Å²) in [4.78, 5) is 15.1. The number of primary amides is 1. The highest BCUT2D eigenvalue weighted by molar-refractivity contribution is 5.90. The molecule has 0 aliphatic carbocycles. The summed E-state index contributed by atoms with van der Waals surface area (Å²) in [5, 5.41) is 9.14. The highest BCUT2D eigenvalue weighted by Gasteiger charge is 2.05. The second-order valence-corrected chi connectivity index (χ2v) is 4.66. The van der Waals surface area contributed by atoms with Gasteiger partial charge in [0.2, 0.25) is 5.91 Å². The molecule has 2 aromatic rings. The van der Waals surface area contributed by atoms with Gasteiger partial charge in [0.1, 0.15) is 11.4 Å². The van der Waals surface area contributed by atoms with Crippen molar-refractivity contribution in [3.63, 3.8) is 0 Å². The molecule has 0 unspecified atom stereocenters. The van der Waals surface area contributed by atoms with Gasteiger partial charge in [-0.1, -0.05) is 30.3 Å². The van der Waals surface area contributed by atoms with Crippen molar-refractivity contribution in [2.45, 2.75) is 13.0 Å². The summed E-state index contributed by atoms with van der Waals surface area (Å²) in [6.07, 6.45) is 3.47. The van der Waals surface area contributed by atoms with Crippen LogP contribution in [0.5, 0.6) is 5.75 Å². The lowest BCUT2D eigenvalue weighted by molar-refractivity contribution is -0.113. The van der Waals surface area contributed by atoms with Crippen LogP contribution < -0.4 is 10.5 Å². The molecule has 5 nitrogen and oxygen atoms in total. The summed E-state index contributed by atoms with van der Waals surface area (Å²) in [6.45, 7) is 0.309. The number of amides is 1. The zero-order valence-electron chi connectivity index (χ0n) is 12.1. The summed E-state index contributed by atoms with van der Waals surface area (Å²) >= 11 is 0. The zero-order valence-corrected chi connectivity index (χ0v) is 12.1. The number of hydrogen-bond donors (Lipinski definition) is 2. The molecule has 0 fully saturated rings. The second kappa shape index (κ2) is 7.95. The number of carbonyl (C=O) groups excluding carboxylic acids is 1. The molecular weight excluding hydrogens is 280 g/mol. The molecule has 0 saturated carbocycles. The number of nitrogens with two attached hydrogens (primary N) is 1. The molecule has 22 heavy (non-hydrogen) atoms. The van der Waals surface area contributed by atoms with E-state index in [-0.39, 0.29) is 6.61 Å². The van der Waals surface area contributed by atoms with Gasteiger partial charge in [-0.05, 0) is 23.8 Å². The van der Waals surface area contributed by atoms with Gasteiger partial charge in [0.15, 0.2) is 0 Å². The Kier molecular flexibility index (Phi) is 5.68. The topological polar surface area (TPSA) is 85.4 Å². The number of ether oxygens (including phenoxy) is 1. The maximum atomic E-state index is 10.9. The van der Waals surface area contributed by atoms with Gasteiger partial charge < -0.3 is 15.6 Å². The van der Waals surface area contributed by atoms with E-state index in [1.807, 2.05) is 30.3 Å². The molecule has 1 aromatic carbocycles. The number of carbonyl (C=O) groups is 1. The van der Waals surface area contributed by atoms with Crippen molar-refractivity contribution in [1.82, 2.24) is 4.98 Å². The van der Waals surface area contributed by atoms with Crippen LogP contribution in [0.25, 0.3) is 6.08 Å². The molecule has 1 aromatic heterocycles. The van der Waals surface area contributed by atoms with Crippen LogP contribution in [0, 0.1) is 0 Å². The van der Waals surface area contributed by atoms with E-state index in [0.717, 1.165) is 6.42 Å². The van der Waals surface area contributed by atoms with Gasteiger partial charge in [-0.2, -0.15) is 0 Å². The molecule has 0 saturated heterocycles. The van der Waals surface area contributed by atoms with Crippen molar-refractivity contribution >= 4 is 12.0 Å². The lowest BCUT2D eigenvalue weighted by Gasteiger charge is -2.10. The third-order valence-corrected chi connectivity index (χ3v) is 3.00. The first-order valence-electron chi connectivity index (χ1n) is 6.94. The third-order valence-electron chi connectivity index (χ3n) is 3.00. The summed E-state index contributed by atoms with van der Waals surface area (Å²) in [7, 11) is 0. The van der Waals surface area contributed by atoms with E-state index in [1.54, 1.807) is 12.1 Å². The molecule has 5 heteroatoms. The fraction of sp³-hybridized carbons (Fsp3) is 0.176. The molecule has 0 aliphatic heterocycles. The minimum Gasteiger partial charge on any atom is -0.491 e. The van der Waals surface area contributed by atoms with Crippen LogP contribution in [0.1, 0.15) is 17.0 Å². The Morgan fingerprint density at radius 3 is 2.68 bits per heavy atom. The van der Waals surface area contributed by atoms with Gasteiger partial charge in [0.25, 0.3) is 0 Å². The molecule has 0 spiro atoms. The average Bonchev–Trinajstić information content (AvgIpc) is 2.54. The molecular formula is C17H18N2O3. The Bertz CT molecular complexity index is 654. The molecule has 0 bridgehead atoms. The number of hydrogen-bond acceptors (Lipinski definition) is 4. The maximum Gasteiger partial charge on any atom is 0.241 e. The third kappa shape index (κ3) is 4.71. The van der Waals surface area contributed by atoms with Crippen LogP contribution in [0.3, 0.4) is 0 Å². The predicted molar refractivity (Wildman–Crippen MR) is 84.0 cm³/mol. The van der Waals surface area contributed by atoms with Crippen molar-refractivity contribution < 1.29 is 14.6 Å². The number of pyridine rings is 1. The van der Waals surface area contributed by atoms with Crippen LogP contribution >= 0.6 is 0 Å². The zero-order chi connectivity index (χ0) is 15.8. The molecule has 114 valence electrons.